The summed E-state index contributed by atoms with van der Waals surface area (Å²) in [7, 11) is 0. The summed E-state index contributed by atoms with van der Waals surface area (Å²) >= 11 is 6.18. The van der Waals surface area contributed by atoms with E-state index in [4.69, 9.17) is 17.3 Å². The van der Waals surface area contributed by atoms with E-state index in [0.29, 0.717) is 28.6 Å². The Morgan fingerprint density at radius 2 is 1.85 bits per heavy atom. The third-order valence-corrected chi connectivity index (χ3v) is 4.39. The van der Waals surface area contributed by atoms with Crippen molar-refractivity contribution in [3.8, 4) is 11.4 Å². The number of fused-ring (bicyclic) bond motifs is 1. The minimum atomic E-state index is -0.376. The van der Waals surface area contributed by atoms with Crippen LogP contribution in [-0.2, 0) is 6.54 Å². The van der Waals surface area contributed by atoms with E-state index in [0.717, 1.165) is 11.3 Å². The Morgan fingerprint density at radius 3 is 2.65 bits per heavy atom. The standard InChI is InChI=1S/C19H15ClFN5/c20-15-7-3-1-5-12(15)11-23-13-9-17(22)26-18(10-13)24-19(25-26)14-6-2-4-8-16(14)21/h1-10,23H,11,22H2. The molecule has 3 N–H and O–H groups in total. The van der Waals surface area contributed by atoms with Crippen LogP contribution in [0.5, 0.6) is 0 Å². The maximum absolute atomic E-state index is 14.0. The number of rotatable bonds is 4. The Labute approximate surface area is 154 Å². The lowest BCUT2D eigenvalue weighted by Crippen LogP contribution is -2.04. The Bertz CT molecular complexity index is 1090. The monoisotopic (exact) mass is 367 g/mol. The predicted octanol–water partition coefficient (Wildman–Crippen LogP) is 4.38. The predicted molar refractivity (Wildman–Crippen MR) is 102 cm³/mol. The molecule has 0 atom stereocenters. The van der Waals surface area contributed by atoms with Gasteiger partial charge in [-0.1, -0.05) is 41.9 Å². The zero-order chi connectivity index (χ0) is 18.1. The molecular formula is C19H15ClFN5. The van der Waals surface area contributed by atoms with Gasteiger partial charge in [0.15, 0.2) is 11.5 Å². The molecule has 0 aliphatic heterocycles. The number of pyridine rings is 1. The van der Waals surface area contributed by atoms with Crippen LogP contribution in [0.4, 0.5) is 15.9 Å². The molecule has 4 aromatic rings. The molecule has 26 heavy (non-hydrogen) atoms. The SMILES string of the molecule is Nc1cc(NCc2ccccc2Cl)cc2nc(-c3ccccc3F)nn12. The van der Waals surface area contributed by atoms with Gasteiger partial charge in [0.1, 0.15) is 11.6 Å². The van der Waals surface area contributed by atoms with Gasteiger partial charge < -0.3 is 11.1 Å². The van der Waals surface area contributed by atoms with Crippen LogP contribution in [0.25, 0.3) is 17.0 Å². The summed E-state index contributed by atoms with van der Waals surface area (Å²) in [6.45, 7) is 0.545. The van der Waals surface area contributed by atoms with E-state index in [1.165, 1.54) is 10.6 Å². The highest BCUT2D eigenvalue weighted by Gasteiger charge is 2.13. The van der Waals surface area contributed by atoms with Crippen molar-refractivity contribution < 1.29 is 4.39 Å². The molecular weight excluding hydrogens is 353 g/mol. The van der Waals surface area contributed by atoms with Gasteiger partial charge in [-0.15, -0.1) is 5.10 Å². The summed E-state index contributed by atoms with van der Waals surface area (Å²) in [4.78, 5) is 4.40. The zero-order valence-corrected chi connectivity index (χ0v) is 14.4. The zero-order valence-electron chi connectivity index (χ0n) is 13.7. The van der Waals surface area contributed by atoms with E-state index >= 15 is 0 Å². The van der Waals surface area contributed by atoms with Crippen molar-refractivity contribution in [1.29, 1.82) is 0 Å². The normalized spacial score (nSPS) is 11.0. The van der Waals surface area contributed by atoms with Crippen molar-refractivity contribution in [1.82, 2.24) is 14.6 Å². The quantitative estimate of drug-likeness (QED) is 0.561. The molecule has 2 heterocycles. The van der Waals surface area contributed by atoms with Gasteiger partial charge >= 0.3 is 0 Å². The lowest BCUT2D eigenvalue weighted by Gasteiger charge is -2.09. The molecule has 0 saturated heterocycles. The second kappa shape index (κ2) is 6.65. The van der Waals surface area contributed by atoms with Crippen molar-refractivity contribution in [3.63, 3.8) is 0 Å². The molecule has 0 saturated carbocycles. The average Bonchev–Trinajstić information content (AvgIpc) is 3.06. The van der Waals surface area contributed by atoms with E-state index in [1.807, 2.05) is 30.3 Å². The number of aromatic nitrogens is 3. The van der Waals surface area contributed by atoms with Crippen LogP contribution in [0.2, 0.25) is 5.02 Å². The number of hydrogen-bond donors (Lipinski definition) is 2. The van der Waals surface area contributed by atoms with Crippen LogP contribution in [0.15, 0.2) is 60.7 Å². The Morgan fingerprint density at radius 1 is 1.08 bits per heavy atom. The molecule has 0 fully saturated rings. The molecule has 0 aliphatic rings. The smallest absolute Gasteiger partial charge is 0.185 e. The first-order chi connectivity index (χ1) is 12.6. The number of nitrogens with zero attached hydrogens (tertiary/aromatic N) is 3. The molecule has 2 aromatic heterocycles. The summed E-state index contributed by atoms with van der Waals surface area (Å²) in [5.41, 5.74) is 8.71. The molecule has 5 nitrogen and oxygen atoms in total. The summed E-state index contributed by atoms with van der Waals surface area (Å²) in [5.74, 6) is 0.316. The molecule has 7 heteroatoms. The van der Waals surface area contributed by atoms with Crippen LogP contribution < -0.4 is 11.1 Å². The molecule has 0 aliphatic carbocycles. The van der Waals surface area contributed by atoms with Crippen LogP contribution >= 0.6 is 11.6 Å². The van der Waals surface area contributed by atoms with E-state index in [9.17, 15) is 4.39 Å². The molecule has 2 aromatic carbocycles. The van der Waals surface area contributed by atoms with Gasteiger partial charge in [-0.05, 0) is 23.8 Å². The largest absolute Gasteiger partial charge is 0.384 e. The van der Waals surface area contributed by atoms with E-state index < -0.39 is 0 Å². The van der Waals surface area contributed by atoms with Gasteiger partial charge in [-0.3, -0.25) is 0 Å². The Balaban J connectivity index is 1.66. The highest BCUT2D eigenvalue weighted by atomic mass is 35.5. The fraction of sp³-hybridized carbons (Fsp3) is 0.0526. The number of nitrogen functional groups attached to an aromatic ring is 1. The summed E-state index contributed by atoms with van der Waals surface area (Å²) in [5, 5.41) is 8.28. The fourth-order valence-corrected chi connectivity index (χ4v) is 2.91. The first-order valence-corrected chi connectivity index (χ1v) is 8.38. The lowest BCUT2D eigenvalue weighted by atomic mass is 10.2. The molecule has 0 radical (unpaired) electrons. The number of nitrogens with one attached hydrogen (secondary N) is 1. The van der Waals surface area contributed by atoms with Gasteiger partial charge in [0.2, 0.25) is 0 Å². The molecule has 0 bridgehead atoms. The van der Waals surface area contributed by atoms with Crippen molar-refractivity contribution in [2.75, 3.05) is 11.1 Å². The highest BCUT2D eigenvalue weighted by Crippen LogP contribution is 2.24. The van der Waals surface area contributed by atoms with Crippen LogP contribution in [-0.4, -0.2) is 14.6 Å². The summed E-state index contributed by atoms with van der Waals surface area (Å²) in [6.07, 6.45) is 0. The van der Waals surface area contributed by atoms with Crippen LogP contribution in [0.1, 0.15) is 5.56 Å². The van der Waals surface area contributed by atoms with E-state index in [2.05, 4.69) is 15.4 Å². The average molecular weight is 368 g/mol. The highest BCUT2D eigenvalue weighted by molar-refractivity contribution is 6.31. The third kappa shape index (κ3) is 3.07. The first-order valence-electron chi connectivity index (χ1n) is 8.00. The van der Waals surface area contributed by atoms with E-state index in [-0.39, 0.29) is 11.6 Å². The molecule has 4 rings (SSSR count). The maximum atomic E-state index is 14.0. The first kappa shape index (κ1) is 16.4. The molecule has 0 spiro atoms. The Kier molecular flexibility index (Phi) is 4.18. The minimum Gasteiger partial charge on any atom is -0.384 e. The van der Waals surface area contributed by atoms with Gasteiger partial charge in [-0.2, -0.15) is 4.52 Å². The summed E-state index contributed by atoms with van der Waals surface area (Å²) in [6, 6.07) is 17.5. The van der Waals surface area contributed by atoms with Gasteiger partial charge in [0, 0.05) is 29.4 Å². The third-order valence-electron chi connectivity index (χ3n) is 4.02. The molecule has 0 unspecified atom stereocenters. The van der Waals surface area contributed by atoms with E-state index in [1.54, 1.807) is 24.3 Å². The van der Waals surface area contributed by atoms with Gasteiger partial charge in [-0.25, -0.2) is 9.37 Å². The van der Waals surface area contributed by atoms with Crippen molar-refractivity contribution in [2.24, 2.45) is 0 Å². The Hall–Kier alpha value is -3.12. The number of halogens is 2. The number of benzene rings is 2. The molecule has 130 valence electrons. The fourth-order valence-electron chi connectivity index (χ4n) is 2.71. The van der Waals surface area contributed by atoms with Crippen molar-refractivity contribution in [2.45, 2.75) is 6.54 Å². The van der Waals surface area contributed by atoms with Crippen molar-refractivity contribution >= 4 is 28.8 Å². The molecule has 0 amide bonds. The number of anilines is 2. The second-order valence-corrected chi connectivity index (χ2v) is 6.21. The van der Waals surface area contributed by atoms with Crippen LogP contribution in [0.3, 0.4) is 0 Å². The number of hydrogen-bond acceptors (Lipinski definition) is 4. The topological polar surface area (TPSA) is 68.2 Å². The summed E-state index contributed by atoms with van der Waals surface area (Å²) < 4.78 is 15.5. The number of nitrogens with two attached hydrogens (primary N) is 1. The lowest BCUT2D eigenvalue weighted by molar-refractivity contribution is 0.630. The van der Waals surface area contributed by atoms with Gasteiger partial charge in [0.05, 0.1) is 5.56 Å². The maximum Gasteiger partial charge on any atom is 0.185 e. The van der Waals surface area contributed by atoms with Crippen LogP contribution in [0, 0.1) is 5.82 Å². The van der Waals surface area contributed by atoms with Gasteiger partial charge in [0.25, 0.3) is 0 Å². The van der Waals surface area contributed by atoms with Crippen molar-refractivity contribution in [3.05, 3.63) is 77.1 Å². The second-order valence-electron chi connectivity index (χ2n) is 5.80. The minimum absolute atomic E-state index is 0.290.